The molecule has 0 rings (SSSR count). The fourth-order valence-corrected chi connectivity index (χ4v) is 11.8. The Balaban J connectivity index is 6.39. The average molecular weight is 1520 g/mol. The van der Waals surface area contributed by atoms with Crippen LogP contribution in [0.3, 0.4) is 0 Å². The van der Waals surface area contributed by atoms with Crippen LogP contribution in [0.15, 0.2) is 0 Å². The molecule has 0 aliphatic carbocycles. The molecule has 38 nitrogen and oxygen atoms in total. The third-order valence-corrected chi connectivity index (χ3v) is 18.0. The highest BCUT2D eigenvalue weighted by Gasteiger charge is 2.19. The smallest absolute Gasteiger partial charge is 0.221 e. The summed E-state index contributed by atoms with van der Waals surface area (Å²) in [6.45, 7) is 12.5. The Kier molecular flexibility index (Phi) is 64.5. The lowest BCUT2D eigenvalue weighted by atomic mass is 10.3. The lowest BCUT2D eigenvalue weighted by Crippen LogP contribution is -2.41. The van der Waals surface area contributed by atoms with E-state index in [1.54, 1.807) is 21.6 Å². The van der Waals surface area contributed by atoms with Crippen molar-refractivity contribution in [1.82, 2.24) is 93.2 Å². The van der Waals surface area contributed by atoms with Crippen LogP contribution in [0.4, 0.5) is 0 Å². The summed E-state index contributed by atoms with van der Waals surface area (Å²) in [6.07, 6.45) is 1.78. The van der Waals surface area contributed by atoms with Crippen molar-refractivity contribution >= 4 is 92.5 Å². The lowest BCUT2D eigenvalue weighted by Gasteiger charge is -2.24. The first-order valence-corrected chi connectivity index (χ1v) is 39.1. The van der Waals surface area contributed by atoms with Gasteiger partial charge in [-0.25, -0.2) is 0 Å². The molecule has 0 unspecified atom stereocenters. The second-order valence-corrected chi connectivity index (χ2v) is 26.9. The normalized spacial score (nSPS) is 11.2. The fraction of sp³-hybridized carbons (Fsp3) is 0.812. The van der Waals surface area contributed by atoms with E-state index in [-0.39, 0.29) is 174 Å². The number of nitrogens with one attached hydrogen (secondary N) is 12. The number of rotatable bonds is 71. The van der Waals surface area contributed by atoms with Gasteiger partial charge in [-0.05, 0) is 0 Å². The Labute approximate surface area is 623 Å². The van der Waals surface area contributed by atoms with Crippen molar-refractivity contribution < 1.29 is 57.5 Å². The van der Waals surface area contributed by atoms with Crippen molar-refractivity contribution in [2.75, 3.05) is 260 Å². The molecule has 0 atom stereocenters. The summed E-state index contributed by atoms with van der Waals surface area (Å²) in [4.78, 5) is 165. The summed E-state index contributed by atoms with van der Waals surface area (Å²) < 4.78 is 0. The van der Waals surface area contributed by atoms with Crippen molar-refractivity contribution in [2.24, 2.45) is 45.9 Å². The van der Waals surface area contributed by atoms with Crippen LogP contribution in [0.1, 0.15) is 77.0 Å². The molecule has 0 spiro atoms. The third-order valence-electron chi connectivity index (χ3n) is 15.7. The largest absolute Gasteiger partial charge is 0.355 e. The molecule has 0 aliphatic heterocycles. The predicted molar refractivity (Wildman–Crippen MR) is 408 cm³/mol. The molecule has 0 saturated carbocycles. The first-order valence-electron chi connectivity index (χ1n) is 36.6. The molecule has 12 amide bonds. The zero-order valence-electron chi connectivity index (χ0n) is 61.8. The van der Waals surface area contributed by atoms with E-state index in [2.05, 4.69) is 63.8 Å². The molecule has 40 heteroatoms. The predicted octanol–water partition coefficient (Wildman–Crippen LogP) is -10.1. The molecule has 0 radical (unpaired) electrons. The van der Waals surface area contributed by atoms with Crippen LogP contribution in [-0.4, -0.2) is 360 Å². The Morgan fingerprint density at radius 3 is 0.413 bits per heavy atom. The molecule has 28 N–H and O–H groups in total. The van der Waals surface area contributed by atoms with E-state index in [1.165, 1.54) is 0 Å². The minimum Gasteiger partial charge on any atom is -0.355 e. The molecule has 0 fully saturated rings. The van der Waals surface area contributed by atoms with Crippen molar-refractivity contribution in [3.8, 4) is 0 Å². The van der Waals surface area contributed by atoms with Gasteiger partial charge in [-0.3, -0.25) is 57.5 Å². The van der Waals surface area contributed by atoms with Crippen LogP contribution in [-0.2, 0) is 57.5 Å². The SMILES string of the molecule is NCCNC(=O)CCN(CCNC(=O)CCN(CCSSCCN(CCC(=O)NCCN(CCC(=O)NCCN)CCC(=O)NCCN)CCC(=O)NCCN(CCC(=O)NCCN)CCC(=O)NCCN)CCC(=O)NCCN(CCC(=O)NCCN)CCC(=O)NCCN)CCC(=O)NCCN. The van der Waals surface area contributed by atoms with Gasteiger partial charge in [0, 0.05) is 337 Å². The van der Waals surface area contributed by atoms with Gasteiger partial charge in [-0.15, -0.1) is 0 Å². The monoisotopic (exact) mass is 1520 g/mol. The maximum absolute atomic E-state index is 13.5. The number of carbonyl (C=O) groups excluding carboxylic acids is 12. The van der Waals surface area contributed by atoms with Crippen LogP contribution in [0.5, 0.6) is 0 Å². The highest BCUT2D eigenvalue weighted by Crippen LogP contribution is 2.21. The number of hydrogen-bond acceptors (Lipinski definition) is 28. The number of nitrogens with zero attached hydrogens (tertiary/aromatic N) is 6. The second kappa shape index (κ2) is 68.6. The zero-order valence-corrected chi connectivity index (χ0v) is 63.4. The number of nitrogens with two attached hydrogens (primary N) is 8. The van der Waals surface area contributed by atoms with Crippen LogP contribution in [0, 0.1) is 0 Å². The minimum atomic E-state index is -0.233. The van der Waals surface area contributed by atoms with E-state index in [9.17, 15) is 57.5 Å². The Morgan fingerprint density at radius 2 is 0.288 bits per heavy atom. The fourth-order valence-electron chi connectivity index (χ4n) is 9.75. The maximum atomic E-state index is 13.5. The average Bonchev–Trinajstić information content (AvgIpc) is 1.15. The van der Waals surface area contributed by atoms with Gasteiger partial charge in [0.15, 0.2) is 0 Å². The molecule has 0 aromatic carbocycles. The molecule has 0 bridgehead atoms. The summed E-state index contributed by atoms with van der Waals surface area (Å²) in [6, 6.07) is 0. The molecule has 0 heterocycles. The zero-order chi connectivity index (χ0) is 77.1. The summed E-state index contributed by atoms with van der Waals surface area (Å²) >= 11 is 0. The highest BCUT2D eigenvalue weighted by molar-refractivity contribution is 8.76. The number of hydrogen-bond donors (Lipinski definition) is 20. The van der Waals surface area contributed by atoms with Crippen molar-refractivity contribution in [2.45, 2.75) is 77.0 Å². The topological polar surface area (TPSA) is 577 Å². The van der Waals surface area contributed by atoms with Gasteiger partial charge in [0.05, 0.1) is 0 Å². The van der Waals surface area contributed by atoms with Gasteiger partial charge >= 0.3 is 0 Å². The first kappa shape index (κ1) is 97.8. The molecule has 0 aromatic heterocycles. The van der Waals surface area contributed by atoms with Crippen molar-refractivity contribution in [3.63, 3.8) is 0 Å². The van der Waals surface area contributed by atoms with Gasteiger partial charge in [0.25, 0.3) is 0 Å². The molecule has 0 aromatic rings. The lowest BCUT2D eigenvalue weighted by molar-refractivity contribution is -0.123. The van der Waals surface area contributed by atoms with Gasteiger partial charge in [-0.2, -0.15) is 0 Å². The van der Waals surface area contributed by atoms with Crippen LogP contribution in [0.25, 0.3) is 0 Å². The summed E-state index contributed by atoms with van der Waals surface area (Å²) in [5, 5.41) is 33.8. The summed E-state index contributed by atoms with van der Waals surface area (Å²) in [5.41, 5.74) is 44.4. The molecule has 0 saturated heterocycles. The van der Waals surface area contributed by atoms with Gasteiger partial charge in [-0.1, -0.05) is 21.6 Å². The summed E-state index contributed by atoms with van der Waals surface area (Å²) in [7, 11) is 3.18. The molecular weight excluding hydrogens is 1390 g/mol. The van der Waals surface area contributed by atoms with E-state index >= 15 is 0 Å². The van der Waals surface area contributed by atoms with Gasteiger partial charge in [0.2, 0.25) is 70.9 Å². The van der Waals surface area contributed by atoms with Crippen molar-refractivity contribution in [3.05, 3.63) is 0 Å². The standard InChI is InChI=1S/C64H132N26O12S2/c65-13-21-73-53(91)1-33-85(34-2-54(92)74-22-14-66)45-29-81-61(99)9-41-89(42-10-62(100)82-30-46-86(35-3-55(93)75-23-15-67)36-4-56(94)76-24-16-68)49-51-103-104-52-50-90(43-11-63(101)83-31-47-87(37-5-57(95)77-25-17-69)38-6-58(96)78-26-18-70)44-12-64(102)84-32-48-88(39-7-59(97)79-27-19-71)40-8-60(98)80-28-20-72/h1-52,65-72H2,(H,73,91)(H,74,92)(H,75,93)(H,76,94)(H,77,95)(H,78,96)(H,79,97)(H,80,98)(H,81,99)(H,82,100)(H,83,101)(H,84,102). The van der Waals surface area contributed by atoms with E-state index in [0.29, 0.717) is 234 Å². The summed E-state index contributed by atoms with van der Waals surface area (Å²) in [5.74, 6) is -1.21. The first-order chi connectivity index (χ1) is 50.2. The van der Waals surface area contributed by atoms with Gasteiger partial charge in [0.1, 0.15) is 0 Å². The molecule has 0 aliphatic rings. The van der Waals surface area contributed by atoms with E-state index < -0.39 is 0 Å². The number of carbonyl (C=O) groups is 12. The van der Waals surface area contributed by atoms with Crippen molar-refractivity contribution in [1.29, 1.82) is 0 Å². The molecule has 602 valence electrons. The Morgan fingerprint density at radius 1 is 0.173 bits per heavy atom. The van der Waals surface area contributed by atoms with Crippen LogP contribution in [0.2, 0.25) is 0 Å². The second-order valence-electron chi connectivity index (χ2n) is 24.2. The van der Waals surface area contributed by atoms with Crippen LogP contribution < -0.4 is 110 Å². The van der Waals surface area contributed by atoms with Gasteiger partial charge < -0.3 is 139 Å². The highest BCUT2D eigenvalue weighted by atomic mass is 33.1. The minimum absolute atomic E-state index is 0.104. The third kappa shape index (κ3) is 61.0. The Bertz CT molecular complexity index is 1970. The van der Waals surface area contributed by atoms with E-state index in [4.69, 9.17) is 45.9 Å². The van der Waals surface area contributed by atoms with E-state index in [1.807, 2.05) is 29.4 Å². The maximum Gasteiger partial charge on any atom is 0.221 e. The quantitative estimate of drug-likeness (QED) is 0.0199. The van der Waals surface area contributed by atoms with E-state index in [0.717, 1.165) is 0 Å². The molecule has 104 heavy (non-hydrogen) atoms. The Hall–Kier alpha value is -6.22. The number of amides is 12. The van der Waals surface area contributed by atoms with Crippen LogP contribution >= 0.6 is 21.6 Å². The molecular formula is C64H132N26O12S2.